The Labute approximate surface area is 114 Å². The summed E-state index contributed by atoms with van der Waals surface area (Å²) >= 11 is 3.18. The maximum atomic E-state index is 13.9. The van der Waals surface area contributed by atoms with Crippen molar-refractivity contribution in [2.24, 2.45) is 0 Å². The van der Waals surface area contributed by atoms with Crippen LogP contribution in [0.3, 0.4) is 0 Å². The molecule has 1 aliphatic heterocycles. The highest BCUT2D eigenvalue weighted by Crippen LogP contribution is 2.26. The van der Waals surface area contributed by atoms with E-state index in [-0.39, 0.29) is 17.8 Å². The fraction of sp³-hybridized carbons (Fsp3) is 0.500. The molecule has 0 saturated carbocycles. The number of pyridine rings is 1. The summed E-state index contributed by atoms with van der Waals surface area (Å²) in [6.07, 6.45) is 4.21. The number of carbonyl (C=O) groups excluding carboxylic acids is 1. The number of likely N-dealkylation sites (N-methyl/N-ethyl adjacent to an activating group) is 1. The second kappa shape index (κ2) is 5.65. The first-order valence-corrected chi connectivity index (χ1v) is 6.72. The lowest BCUT2D eigenvalue weighted by atomic mass is 10.0. The molecule has 1 saturated heterocycles. The Morgan fingerprint density at radius 3 is 3.06 bits per heavy atom. The van der Waals surface area contributed by atoms with E-state index in [1.54, 1.807) is 18.1 Å². The molecule has 1 aromatic heterocycles. The van der Waals surface area contributed by atoms with Crippen molar-refractivity contribution in [3.8, 4) is 0 Å². The van der Waals surface area contributed by atoms with Crippen LogP contribution in [0.2, 0.25) is 0 Å². The highest BCUT2D eigenvalue weighted by atomic mass is 79.9. The molecule has 18 heavy (non-hydrogen) atoms. The first kappa shape index (κ1) is 13.3. The van der Waals surface area contributed by atoms with E-state index in [2.05, 4.69) is 26.2 Å². The van der Waals surface area contributed by atoms with Crippen LogP contribution in [-0.4, -0.2) is 30.5 Å². The van der Waals surface area contributed by atoms with Crippen molar-refractivity contribution in [2.45, 2.75) is 25.3 Å². The summed E-state index contributed by atoms with van der Waals surface area (Å²) in [6.45, 7) is 0.656. The SMILES string of the molecule is CNC(=O)C1CCCCN1c1ncc(Br)cc1F. The lowest BCUT2D eigenvalue weighted by Gasteiger charge is -2.35. The van der Waals surface area contributed by atoms with Gasteiger partial charge < -0.3 is 10.2 Å². The molecule has 1 aromatic rings. The summed E-state index contributed by atoms with van der Waals surface area (Å²) in [5.74, 6) is -0.231. The highest BCUT2D eigenvalue weighted by Gasteiger charge is 2.30. The van der Waals surface area contributed by atoms with Crippen LogP contribution in [0.25, 0.3) is 0 Å². The molecule has 4 nitrogen and oxygen atoms in total. The van der Waals surface area contributed by atoms with Crippen LogP contribution in [0, 0.1) is 5.82 Å². The smallest absolute Gasteiger partial charge is 0.242 e. The lowest BCUT2D eigenvalue weighted by Crippen LogP contribution is -2.49. The normalized spacial score (nSPS) is 19.7. The van der Waals surface area contributed by atoms with E-state index in [1.165, 1.54) is 6.07 Å². The van der Waals surface area contributed by atoms with Gasteiger partial charge in [0.2, 0.25) is 5.91 Å². The Bertz CT molecular complexity index is 455. The molecule has 0 aromatic carbocycles. The molecule has 98 valence electrons. The van der Waals surface area contributed by atoms with E-state index in [0.717, 1.165) is 19.3 Å². The first-order chi connectivity index (χ1) is 8.63. The largest absolute Gasteiger partial charge is 0.357 e. The molecule has 2 heterocycles. The molecular formula is C12H15BrFN3O. The molecule has 0 bridgehead atoms. The first-order valence-electron chi connectivity index (χ1n) is 5.92. The van der Waals surface area contributed by atoms with Crippen LogP contribution in [0.5, 0.6) is 0 Å². The number of hydrogen-bond donors (Lipinski definition) is 1. The zero-order valence-corrected chi connectivity index (χ0v) is 11.7. The molecule has 1 N–H and O–H groups in total. The van der Waals surface area contributed by atoms with Gasteiger partial charge in [0.1, 0.15) is 6.04 Å². The topological polar surface area (TPSA) is 45.2 Å². The number of anilines is 1. The van der Waals surface area contributed by atoms with Crippen LogP contribution >= 0.6 is 15.9 Å². The number of halogens is 2. The number of aromatic nitrogens is 1. The van der Waals surface area contributed by atoms with Crippen molar-refractivity contribution >= 4 is 27.7 Å². The molecule has 1 amide bonds. The van der Waals surface area contributed by atoms with Crippen molar-refractivity contribution < 1.29 is 9.18 Å². The summed E-state index contributed by atoms with van der Waals surface area (Å²) in [5.41, 5.74) is 0. The van der Waals surface area contributed by atoms with Gasteiger partial charge in [-0.05, 0) is 41.3 Å². The quantitative estimate of drug-likeness (QED) is 0.909. The Morgan fingerprint density at radius 2 is 2.39 bits per heavy atom. The van der Waals surface area contributed by atoms with Crippen molar-refractivity contribution in [2.75, 3.05) is 18.5 Å². The van der Waals surface area contributed by atoms with Crippen LogP contribution in [0.15, 0.2) is 16.7 Å². The van der Waals surface area contributed by atoms with Crippen LogP contribution in [0.4, 0.5) is 10.2 Å². The van der Waals surface area contributed by atoms with E-state index in [4.69, 9.17) is 0 Å². The molecule has 1 unspecified atom stereocenters. The molecule has 1 atom stereocenters. The zero-order chi connectivity index (χ0) is 13.1. The number of amides is 1. The number of carbonyl (C=O) groups is 1. The van der Waals surface area contributed by atoms with Gasteiger partial charge in [-0.25, -0.2) is 9.37 Å². The van der Waals surface area contributed by atoms with Gasteiger partial charge in [-0.1, -0.05) is 0 Å². The molecule has 1 fully saturated rings. The fourth-order valence-corrected chi connectivity index (χ4v) is 2.55. The molecule has 0 radical (unpaired) electrons. The minimum Gasteiger partial charge on any atom is -0.357 e. The Kier molecular flexibility index (Phi) is 4.16. The summed E-state index contributed by atoms with van der Waals surface area (Å²) in [7, 11) is 1.60. The Balaban J connectivity index is 2.30. The number of nitrogens with one attached hydrogen (secondary N) is 1. The Hall–Kier alpha value is -1.17. The predicted molar refractivity (Wildman–Crippen MR) is 70.9 cm³/mol. The average Bonchev–Trinajstić information content (AvgIpc) is 2.38. The second-order valence-electron chi connectivity index (χ2n) is 4.28. The minimum atomic E-state index is -0.403. The van der Waals surface area contributed by atoms with E-state index in [0.29, 0.717) is 11.0 Å². The van der Waals surface area contributed by atoms with Crippen molar-refractivity contribution in [3.05, 3.63) is 22.6 Å². The van der Waals surface area contributed by atoms with Crippen LogP contribution in [-0.2, 0) is 4.79 Å². The number of rotatable bonds is 2. The number of nitrogens with zero attached hydrogens (tertiary/aromatic N) is 2. The van der Waals surface area contributed by atoms with Gasteiger partial charge in [-0.3, -0.25) is 4.79 Å². The maximum absolute atomic E-state index is 13.9. The standard InChI is InChI=1S/C12H15BrFN3O/c1-15-12(18)10-4-2-3-5-17(10)11-9(14)6-8(13)7-16-11/h6-7,10H,2-5H2,1H3,(H,15,18). The molecule has 2 rings (SSSR count). The van der Waals surface area contributed by atoms with Crippen LogP contribution < -0.4 is 10.2 Å². The fourth-order valence-electron chi connectivity index (χ4n) is 2.24. The van der Waals surface area contributed by atoms with Gasteiger partial charge in [-0.15, -0.1) is 0 Å². The third kappa shape index (κ3) is 2.63. The molecule has 0 aliphatic carbocycles. The van der Waals surface area contributed by atoms with E-state index in [1.807, 2.05) is 0 Å². The lowest BCUT2D eigenvalue weighted by molar-refractivity contribution is -0.122. The van der Waals surface area contributed by atoms with E-state index >= 15 is 0 Å². The number of hydrogen-bond acceptors (Lipinski definition) is 3. The maximum Gasteiger partial charge on any atom is 0.242 e. The molecule has 1 aliphatic rings. The summed E-state index contributed by atoms with van der Waals surface area (Å²) in [6, 6.07) is 1.05. The van der Waals surface area contributed by atoms with E-state index < -0.39 is 5.82 Å². The highest BCUT2D eigenvalue weighted by molar-refractivity contribution is 9.10. The van der Waals surface area contributed by atoms with Gasteiger partial charge >= 0.3 is 0 Å². The van der Waals surface area contributed by atoms with Crippen molar-refractivity contribution in [1.29, 1.82) is 0 Å². The van der Waals surface area contributed by atoms with Gasteiger partial charge in [0.15, 0.2) is 11.6 Å². The van der Waals surface area contributed by atoms with E-state index in [9.17, 15) is 9.18 Å². The minimum absolute atomic E-state index is 0.0844. The van der Waals surface area contributed by atoms with Gasteiger partial charge in [0.05, 0.1) is 0 Å². The third-order valence-electron chi connectivity index (χ3n) is 3.11. The van der Waals surface area contributed by atoms with Gasteiger partial charge in [-0.2, -0.15) is 0 Å². The predicted octanol–water partition coefficient (Wildman–Crippen LogP) is 2.09. The summed E-state index contributed by atoms with van der Waals surface area (Å²) in [5, 5.41) is 2.63. The third-order valence-corrected chi connectivity index (χ3v) is 3.55. The van der Waals surface area contributed by atoms with Crippen molar-refractivity contribution in [1.82, 2.24) is 10.3 Å². The second-order valence-corrected chi connectivity index (χ2v) is 5.19. The van der Waals surface area contributed by atoms with Gasteiger partial charge in [0.25, 0.3) is 0 Å². The number of piperidine rings is 1. The summed E-state index contributed by atoms with van der Waals surface area (Å²) in [4.78, 5) is 17.7. The molecule has 0 spiro atoms. The van der Waals surface area contributed by atoms with Gasteiger partial charge in [0, 0.05) is 24.3 Å². The van der Waals surface area contributed by atoms with Crippen LogP contribution in [0.1, 0.15) is 19.3 Å². The van der Waals surface area contributed by atoms with Crippen molar-refractivity contribution in [3.63, 3.8) is 0 Å². The zero-order valence-electron chi connectivity index (χ0n) is 10.1. The summed E-state index contributed by atoms with van der Waals surface area (Å²) < 4.78 is 14.5. The Morgan fingerprint density at radius 1 is 1.61 bits per heavy atom. The molecular weight excluding hydrogens is 301 g/mol. The monoisotopic (exact) mass is 315 g/mol. The molecule has 6 heteroatoms. The average molecular weight is 316 g/mol.